The Morgan fingerprint density at radius 1 is 1.45 bits per heavy atom. The van der Waals surface area contributed by atoms with Crippen LogP contribution in [0.2, 0.25) is 0 Å². The minimum absolute atomic E-state index is 0.0309. The number of carboxylic acids is 1. The number of thiophene rings is 1. The van der Waals surface area contributed by atoms with Crippen LogP contribution >= 0.6 is 11.3 Å². The van der Waals surface area contributed by atoms with Gasteiger partial charge in [-0.05, 0) is 45.4 Å². The highest BCUT2D eigenvalue weighted by Crippen LogP contribution is 2.18. The van der Waals surface area contributed by atoms with Gasteiger partial charge in [0.15, 0.2) is 0 Å². The third-order valence-corrected chi connectivity index (χ3v) is 4.11. The van der Waals surface area contributed by atoms with E-state index in [2.05, 4.69) is 31.3 Å². The van der Waals surface area contributed by atoms with Gasteiger partial charge in [0.25, 0.3) is 0 Å². The van der Waals surface area contributed by atoms with Gasteiger partial charge in [0, 0.05) is 21.4 Å². The molecule has 2 aromatic rings. The molecule has 4 nitrogen and oxygen atoms in total. The Hall–Kier alpha value is -1.59. The highest BCUT2D eigenvalue weighted by atomic mass is 32.1. The molecule has 2 aromatic heterocycles. The van der Waals surface area contributed by atoms with Crippen LogP contribution in [0, 0.1) is 13.8 Å². The van der Waals surface area contributed by atoms with Crippen LogP contribution in [0.1, 0.15) is 38.6 Å². The van der Waals surface area contributed by atoms with E-state index in [-0.39, 0.29) is 5.76 Å². The Labute approximate surface area is 122 Å². The van der Waals surface area contributed by atoms with Crippen molar-refractivity contribution in [3.63, 3.8) is 0 Å². The molecule has 2 rings (SSSR count). The van der Waals surface area contributed by atoms with Crippen molar-refractivity contribution < 1.29 is 14.3 Å². The van der Waals surface area contributed by atoms with Crippen LogP contribution in [-0.2, 0) is 13.0 Å². The summed E-state index contributed by atoms with van der Waals surface area (Å²) in [5, 5.41) is 12.3. The van der Waals surface area contributed by atoms with Gasteiger partial charge in [-0.2, -0.15) is 0 Å². The summed E-state index contributed by atoms with van der Waals surface area (Å²) in [6.45, 7) is 6.50. The van der Waals surface area contributed by atoms with Crippen LogP contribution in [0.5, 0.6) is 0 Å². The molecule has 0 fully saturated rings. The van der Waals surface area contributed by atoms with E-state index in [1.54, 1.807) is 13.0 Å². The molecule has 108 valence electrons. The first-order chi connectivity index (χ1) is 9.45. The first-order valence-corrected chi connectivity index (χ1v) is 7.38. The van der Waals surface area contributed by atoms with Crippen LogP contribution < -0.4 is 5.32 Å². The topological polar surface area (TPSA) is 62.5 Å². The minimum Gasteiger partial charge on any atom is -0.475 e. The van der Waals surface area contributed by atoms with Crippen molar-refractivity contribution in [2.24, 2.45) is 0 Å². The third kappa shape index (κ3) is 3.71. The van der Waals surface area contributed by atoms with Gasteiger partial charge in [-0.3, -0.25) is 0 Å². The zero-order valence-electron chi connectivity index (χ0n) is 11.9. The minimum atomic E-state index is -1.02. The Morgan fingerprint density at radius 2 is 2.20 bits per heavy atom. The average molecular weight is 293 g/mol. The number of aryl methyl sites for hydroxylation is 2. The van der Waals surface area contributed by atoms with Crippen molar-refractivity contribution in [3.05, 3.63) is 45.0 Å². The first kappa shape index (κ1) is 14.8. The monoisotopic (exact) mass is 293 g/mol. The molecule has 0 aliphatic heterocycles. The third-order valence-electron chi connectivity index (χ3n) is 3.09. The lowest BCUT2D eigenvalue weighted by atomic mass is 10.2. The molecule has 2 heterocycles. The van der Waals surface area contributed by atoms with Gasteiger partial charge in [-0.1, -0.05) is 0 Å². The van der Waals surface area contributed by atoms with E-state index in [0.29, 0.717) is 23.9 Å². The molecule has 2 N–H and O–H groups in total. The second-order valence-corrected chi connectivity index (χ2v) is 6.40. The Balaban J connectivity index is 1.88. The van der Waals surface area contributed by atoms with Crippen LogP contribution in [0.15, 0.2) is 22.6 Å². The van der Waals surface area contributed by atoms with Crippen molar-refractivity contribution in [1.29, 1.82) is 0 Å². The van der Waals surface area contributed by atoms with Gasteiger partial charge >= 0.3 is 5.97 Å². The molecule has 0 aromatic carbocycles. The normalized spacial score (nSPS) is 12.6. The second-order valence-electron chi connectivity index (χ2n) is 5.03. The Kier molecular flexibility index (Phi) is 4.62. The molecular formula is C15H19NO3S. The number of furan rings is 1. The van der Waals surface area contributed by atoms with E-state index in [1.807, 2.05) is 11.3 Å². The van der Waals surface area contributed by atoms with Gasteiger partial charge in [-0.25, -0.2) is 4.79 Å². The van der Waals surface area contributed by atoms with Gasteiger partial charge < -0.3 is 14.8 Å². The van der Waals surface area contributed by atoms with Crippen LogP contribution in [0.4, 0.5) is 0 Å². The van der Waals surface area contributed by atoms with E-state index in [9.17, 15) is 4.79 Å². The molecule has 1 unspecified atom stereocenters. The molecule has 0 saturated carbocycles. The summed E-state index contributed by atoms with van der Waals surface area (Å²) in [5.41, 5.74) is 0.663. The summed E-state index contributed by atoms with van der Waals surface area (Å²) >= 11 is 1.81. The summed E-state index contributed by atoms with van der Waals surface area (Å²) in [6, 6.07) is 6.37. The highest BCUT2D eigenvalue weighted by Gasteiger charge is 2.14. The zero-order valence-corrected chi connectivity index (χ0v) is 12.7. The SMILES string of the molecule is Cc1ccc(CC(C)NCc2cc(C)c(C(=O)O)o2)s1. The molecule has 0 spiro atoms. The first-order valence-electron chi connectivity index (χ1n) is 6.57. The van der Waals surface area contributed by atoms with E-state index in [4.69, 9.17) is 9.52 Å². The molecule has 0 aliphatic carbocycles. The highest BCUT2D eigenvalue weighted by molar-refractivity contribution is 7.11. The molecule has 0 amide bonds. The molecular weight excluding hydrogens is 274 g/mol. The number of aromatic carboxylic acids is 1. The fourth-order valence-corrected chi connectivity index (χ4v) is 3.11. The van der Waals surface area contributed by atoms with E-state index in [0.717, 1.165) is 6.42 Å². The van der Waals surface area contributed by atoms with Crippen molar-refractivity contribution >= 4 is 17.3 Å². The molecule has 0 aliphatic rings. The number of nitrogens with one attached hydrogen (secondary N) is 1. The predicted molar refractivity (Wildman–Crippen MR) is 79.5 cm³/mol. The maximum Gasteiger partial charge on any atom is 0.372 e. The number of rotatable bonds is 6. The standard InChI is InChI=1S/C15H19NO3S/c1-9-6-12(19-14(9)15(17)18)8-16-10(2)7-13-5-4-11(3)20-13/h4-6,10,16H,7-8H2,1-3H3,(H,17,18). The Morgan fingerprint density at radius 3 is 2.75 bits per heavy atom. The molecule has 1 atom stereocenters. The smallest absolute Gasteiger partial charge is 0.372 e. The van der Waals surface area contributed by atoms with Gasteiger partial charge in [0.1, 0.15) is 5.76 Å². The van der Waals surface area contributed by atoms with E-state index >= 15 is 0 Å². The lowest BCUT2D eigenvalue weighted by Crippen LogP contribution is -2.27. The van der Waals surface area contributed by atoms with Gasteiger partial charge in [-0.15, -0.1) is 11.3 Å². The fourth-order valence-electron chi connectivity index (χ4n) is 2.09. The zero-order chi connectivity index (χ0) is 14.7. The largest absolute Gasteiger partial charge is 0.475 e. The van der Waals surface area contributed by atoms with Crippen LogP contribution in [-0.4, -0.2) is 17.1 Å². The second kappa shape index (κ2) is 6.24. The molecule has 0 saturated heterocycles. The summed E-state index contributed by atoms with van der Waals surface area (Å²) < 4.78 is 5.32. The van der Waals surface area contributed by atoms with Crippen molar-refractivity contribution in [2.45, 2.75) is 39.8 Å². The van der Waals surface area contributed by atoms with Gasteiger partial charge in [0.2, 0.25) is 5.76 Å². The fraction of sp³-hybridized carbons (Fsp3) is 0.400. The van der Waals surface area contributed by atoms with E-state index < -0.39 is 5.97 Å². The summed E-state index contributed by atoms with van der Waals surface area (Å²) in [6.07, 6.45) is 0.962. The molecule has 5 heteroatoms. The number of carboxylic acid groups (broad SMARTS) is 1. The lowest BCUT2D eigenvalue weighted by Gasteiger charge is -2.11. The number of carbonyl (C=O) groups is 1. The van der Waals surface area contributed by atoms with Crippen LogP contribution in [0.25, 0.3) is 0 Å². The van der Waals surface area contributed by atoms with Gasteiger partial charge in [0.05, 0.1) is 6.54 Å². The molecule has 0 bridgehead atoms. The van der Waals surface area contributed by atoms with E-state index in [1.165, 1.54) is 9.75 Å². The lowest BCUT2D eigenvalue weighted by molar-refractivity contribution is 0.0659. The average Bonchev–Trinajstić information content (AvgIpc) is 2.93. The molecule has 0 radical (unpaired) electrons. The van der Waals surface area contributed by atoms with Crippen molar-refractivity contribution in [2.75, 3.05) is 0 Å². The molecule has 20 heavy (non-hydrogen) atoms. The maximum atomic E-state index is 10.9. The maximum absolute atomic E-state index is 10.9. The summed E-state index contributed by atoms with van der Waals surface area (Å²) in [7, 11) is 0. The van der Waals surface area contributed by atoms with Crippen LogP contribution in [0.3, 0.4) is 0 Å². The number of hydrogen-bond donors (Lipinski definition) is 2. The van der Waals surface area contributed by atoms with Crippen molar-refractivity contribution in [3.8, 4) is 0 Å². The number of hydrogen-bond acceptors (Lipinski definition) is 4. The summed E-state index contributed by atoms with van der Waals surface area (Å²) in [4.78, 5) is 13.6. The van der Waals surface area contributed by atoms with Crippen molar-refractivity contribution in [1.82, 2.24) is 5.32 Å². The predicted octanol–water partition coefficient (Wildman–Crippen LogP) is 3.38. The quantitative estimate of drug-likeness (QED) is 0.857. The Bertz CT molecular complexity index is 600. The summed E-state index contributed by atoms with van der Waals surface area (Å²) in [5.74, 6) is -0.326.